The van der Waals surface area contributed by atoms with Crippen molar-refractivity contribution < 1.29 is 0 Å². The first-order chi connectivity index (χ1) is 21.8. The summed E-state index contributed by atoms with van der Waals surface area (Å²) in [6, 6.07) is 27.8. The number of rotatable bonds is 3. The molecule has 210 valence electrons. The Hall–Kier alpha value is -5.01. The summed E-state index contributed by atoms with van der Waals surface area (Å²) in [5, 5.41) is 11.0. The van der Waals surface area contributed by atoms with Gasteiger partial charge >= 0.3 is 0 Å². The lowest BCUT2D eigenvalue weighted by molar-refractivity contribution is 1.00. The molecular formula is C43H33N. The van der Waals surface area contributed by atoms with Crippen LogP contribution in [-0.4, -0.2) is 4.98 Å². The number of hydrogen-bond donors (Lipinski definition) is 0. The topological polar surface area (TPSA) is 12.9 Å². The number of nitrogens with zero attached hydrogens (tertiary/aromatic N) is 1. The molecule has 0 saturated heterocycles. The van der Waals surface area contributed by atoms with E-state index in [4.69, 9.17) is 0 Å². The fraction of sp³-hybridized carbons (Fsp3) is 0.140. The van der Waals surface area contributed by atoms with E-state index in [1.54, 1.807) is 0 Å². The van der Waals surface area contributed by atoms with Crippen LogP contribution in [0, 0.1) is 0 Å². The minimum atomic E-state index is 1.04. The zero-order valence-corrected chi connectivity index (χ0v) is 24.8. The Bertz CT molecular complexity index is 2310. The van der Waals surface area contributed by atoms with Crippen molar-refractivity contribution >= 4 is 65.9 Å². The average Bonchev–Trinajstić information content (AvgIpc) is 3.11. The molecule has 3 aliphatic carbocycles. The number of benzene rings is 5. The molecule has 6 aromatic rings. The number of fused-ring (bicyclic) bond motifs is 11. The van der Waals surface area contributed by atoms with E-state index < -0.39 is 0 Å². The number of aryl methyl sites for hydroxylation is 1. The summed E-state index contributed by atoms with van der Waals surface area (Å²) in [6.07, 6.45) is 26.6. The van der Waals surface area contributed by atoms with E-state index in [0.717, 1.165) is 38.5 Å². The SMILES string of the molecule is C1=CCCC(c2ccc3c4ccc(C5=CC(c6cccnc6)=CCC5)cc4c4c5c(c6ccccc6c4c3c2)CCC=C5)=C1. The Balaban J connectivity index is 1.38. The van der Waals surface area contributed by atoms with Gasteiger partial charge in [0, 0.05) is 12.4 Å². The van der Waals surface area contributed by atoms with Crippen LogP contribution in [0.2, 0.25) is 0 Å². The normalized spacial score (nSPS) is 16.3. The fourth-order valence-electron chi connectivity index (χ4n) is 7.85. The molecule has 1 heterocycles. The van der Waals surface area contributed by atoms with Crippen molar-refractivity contribution in [1.82, 2.24) is 4.98 Å². The molecule has 9 rings (SSSR count). The van der Waals surface area contributed by atoms with Crippen molar-refractivity contribution in [2.75, 3.05) is 0 Å². The lowest BCUT2D eigenvalue weighted by Gasteiger charge is -2.22. The quantitative estimate of drug-likeness (QED) is 0.195. The van der Waals surface area contributed by atoms with Crippen LogP contribution >= 0.6 is 0 Å². The van der Waals surface area contributed by atoms with Crippen LogP contribution in [0.1, 0.15) is 59.9 Å². The first kappa shape index (κ1) is 25.5. The largest absolute Gasteiger partial charge is 0.264 e. The standard InChI is InChI=1S/C43H33N/c1-2-10-28(11-3-1)31-19-21-36-37-22-20-32(29-12-8-13-30(24-29)33-14-9-23-44-27-33)26-41(37)43-39-18-7-5-16-35(39)34-15-4-6-17-38(34)42(43)40(36)25-31/h1-2,4,6-7,9-10,13-15,17-27H,3,5,8,11-12,16H2. The van der Waals surface area contributed by atoms with Crippen molar-refractivity contribution in [1.29, 1.82) is 0 Å². The molecule has 0 unspecified atom stereocenters. The third-order valence-corrected chi connectivity index (χ3v) is 9.94. The Morgan fingerprint density at radius 1 is 0.568 bits per heavy atom. The molecule has 0 aliphatic heterocycles. The van der Waals surface area contributed by atoms with Crippen LogP contribution in [-0.2, 0) is 6.42 Å². The molecule has 0 spiro atoms. The molecule has 0 radical (unpaired) electrons. The van der Waals surface area contributed by atoms with Gasteiger partial charge in [0.15, 0.2) is 0 Å². The minimum absolute atomic E-state index is 1.04. The highest BCUT2D eigenvalue weighted by atomic mass is 14.6. The summed E-state index contributed by atoms with van der Waals surface area (Å²) >= 11 is 0. The predicted octanol–water partition coefficient (Wildman–Crippen LogP) is 11.6. The molecule has 0 atom stereocenters. The lowest BCUT2D eigenvalue weighted by Crippen LogP contribution is -2.00. The number of pyridine rings is 1. The Morgan fingerprint density at radius 2 is 1.34 bits per heavy atom. The van der Waals surface area contributed by atoms with E-state index >= 15 is 0 Å². The zero-order valence-electron chi connectivity index (χ0n) is 24.8. The maximum Gasteiger partial charge on any atom is 0.0346 e. The highest BCUT2D eigenvalue weighted by Crippen LogP contribution is 2.46. The van der Waals surface area contributed by atoms with Gasteiger partial charge in [-0.15, -0.1) is 0 Å². The fourth-order valence-corrected chi connectivity index (χ4v) is 7.85. The number of aromatic nitrogens is 1. The van der Waals surface area contributed by atoms with Crippen molar-refractivity contribution in [3.8, 4) is 0 Å². The van der Waals surface area contributed by atoms with E-state index in [1.807, 2.05) is 18.5 Å². The van der Waals surface area contributed by atoms with Crippen molar-refractivity contribution in [2.24, 2.45) is 0 Å². The van der Waals surface area contributed by atoms with Crippen LogP contribution in [0.4, 0.5) is 0 Å². The molecule has 0 amide bonds. The summed E-state index contributed by atoms with van der Waals surface area (Å²) < 4.78 is 0. The summed E-state index contributed by atoms with van der Waals surface area (Å²) in [4.78, 5) is 4.38. The monoisotopic (exact) mass is 563 g/mol. The van der Waals surface area contributed by atoms with E-state index in [1.165, 1.54) is 87.6 Å². The van der Waals surface area contributed by atoms with Gasteiger partial charge in [-0.1, -0.05) is 97.1 Å². The highest BCUT2D eigenvalue weighted by molar-refractivity contribution is 6.34. The van der Waals surface area contributed by atoms with Gasteiger partial charge in [-0.25, -0.2) is 0 Å². The van der Waals surface area contributed by atoms with Crippen LogP contribution in [0.5, 0.6) is 0 Å². The molecule has 3 aliphatic rings. The maximum atomic E-state index is 4.38. The third-order valence-electron chi connectivity index (χ3n) is 9.94. The average molecular weight is 564 g/mol. The Morgan fingerprint density at radius 3 is 2.14 bits per heavy atom. The van der Waals surface area contributed by atoms with Gasteiger partial charge in [-0.2, -0.15) is 0 Å². The second-order valence-electron chi connectivity index (χ2n) is 12.4. The second kappa shape index (κ2) is 10.3. The van der Waals surface area contributed by atoms with Gasteiger partial charge in [0.1, 0.15) is 0 Å². The summed E-state index contributed by atoms with van der Waals surface area (Å²) in [6.45, 7) is 0. The Kier molecular flexibility index (Phi) is 5.97. The smallest absolute Gasteiger partial charge is 0.0346 e. The summed E-state index contributed by atoms with van der Waals surface area (Å²) in [5.41, 5.74) is 10.9. The van der Waals surface area contributed by atoms with Crippen molar-refractivity contribution in [3.63, 3.8) is 0 Å². The maximum absolute atomic E-state index is 4.38. The molecule has 0 saturated carbocycles. The first-order valence-electron chi connectivity index (χ1n) is 16.0. The van der Waals surface area contributed by atoms with E-state index in [2.05, 4.69) is 114 Å². The van der Waals surface area contributed by atoms with Crippen molar-refractivity contribution in [2.45, 2.75) is 38.5 Å². The van der Waals surface area contributed by atoms with Gasteiger partial charge in [-0.05, 0) is 144 Å². The predicted molar refractivity (Wildman–Crippen MR) is 190 cm³/mol. The Labute approximate surface area is 258 Å². The van der Waals surface area contributed by atoms with Crippen LogP contribution < -0.4 is 0 Å². The molecule has 5 aromatic carbocycles. The van der Waals surface area contributed by atoms with Gasteiger partial charge in [0.2, 0.25) is 0 Å². The molecular weight excluding hydrogens is 530 g/mol. The molecule has 1 nitrogen and oxygen atoms in total. The zero-order chi connectivity index (χ0) is 29.0. The molecule has 0 N–H and O–H groups in total. The van der Waals surface area contributed by atoms with Crippen LogP contribution in [0.25, 0.3) is 65.9 Å². The minimum Gasteiger partial charge on any atom is -0.264 e. The number of allylic oxidation sites excluding steroid dienone is 9. The summed E-state index contributed by atoms with van der Waals surface area (Å²) in [7, 11) is 0. The lowest BCUT2D eigenvalue weighted by atomic mass is 9.81. The van der Waals surface area contributed by atoms with Crippen LogP contribution in [0.3, 0.4) is 0 Å². The van der Waals surface area contributed by atoms with E-state index in [9.17, 15) is 0 Å². The molecule has 44 heavy (non-hydrogen) atoms. The molecule has 1 aromatic heterocycles. The van der Waals surface area contributed by atoms with Gasteiger partial charge in [-0.3, -0.25) is 4.98 Å². The molecule has 1 heteroatoms. The highest BCUT2D eigenvalue weighted by Gasteiger charge is 2.21. The van der Waals surface area contributed by atoms with E-state index in [0.29, 0.717) is 0 Å². The van der Waals surface area contributed by atoms with Crippen molar-refractivity contribution in [3.05, 3.63) is 149 Å². The van der Waals surface area contributed by atoms with Crippen LogP contribution in [0.15, 0.2) is 122 Å². The van der Waals surface area contributed by atoms with Gasteiger partial charge in [0.05, 0.1) is 0 Å². The molecule has 0 bridgehead atoms. The molecule has 0 fully saturated rings. The van der Waals surface area contributed by atoms with Gasteiger partial charge in [0.25, 0.3) is 0 Å². The first-order valence-corrected chi connectivity index (χ1v) is 16.0. The van der Waals surface area contributed by atoms with E-state index in [-0.39, 0.29) is 0 Å². The third kappa shape index (κ3) is 4.03. The summed E-state index contributed by atoms with van der Waals surface area (Å²) in [5.74, 6) is 0. The second-order valence-corrected chi connectivity index (χ2v) is 12.4. The van der Waals surface area contributed by atoms with Gasteiger partial charge < -0.3 is 0 Å². The number of hydrogen-bond acceptors (Lipinski definition) is 1.